The fraction of sp³-hybridized carbons (Fsp3) is 1.00. The zero-order valence-electron chi connectivity index (χ0n) is 5.95. The van der Waals surface area contributed by atoms with Crippen LogP contribution < -0.4 is 5.73 Å². The lowest BCUT2D eigenvalue weighted by Crippen LogP contribution is -2.11. The van der Waals surface area contributed by atoms with E-state index >= 15 is 0 Å². The van der Waals surface area contributed by atoms with Crippen LogP contribution in [0.15, 0.2) is 0 Å². The minimum Gasteiger partial charge on any atom is -0.330 e. The van der Waals surface area contributed by atoms with E-state index in [-0.39, 0.29) is 18.8 Å². The van der Waals surface area contributed by atoms with Gasteiger partial charge in [-0.3, -0.25) is 0 Å². The Morgan fingerprint density at radius 3 is 2.60 bits per heavy atom. The smallest absolute Gasteiger partial charge is 0.248 e. The Balaban J connectivity index is 2.29. The summed E-state index contributed by atoms with van der Waals surface area (Å²) in [5, 5.41) is 0. The van der Waals surface area contributed by atoms with E-state index < -0.39 is 5.92 Å². The average molecular weight is 149 g/mol. The van der Waals surface area contributed by atoms with Gasteiger partial charge in [-0.2, -0.15) is 0 Å². The van der Waals surface area contributed by atoms with Gasteiger partial charge in [0.25, 0.3) is 0 Å². The Kier molecular flexibility index (Phi) is 2.24. The van der Waals surface area contributed by atoms with E-state index in [4.69, 9.17) is 5.73 Å². The summed E-state index contributed by atoms with van der Waals surface area (Å²) in [5.74, 6) is -2.21. The zero-order chi connectivity index (χ0) is 7.61. The summed E-state index contributed by atoms with van der Waals surface area (Å²) in [5.41, 5.74) is 5.25. The number of alkyl halides is 2. The third-order valence-electron chi connectivity index (χ3n) is 2.08. The highest BCUT2D eigenvalue weighted by Gasteiger charge is 2.38. The molecule has 0 aromatic rings. The molecule has 1 nitrogen and oxygen atoms in total. The molecule has 2 N–H and O–H groups in total. The van der Waals surface area contributed by atoms with Crippen LogP contribution in [-0.2, 0) is 0 Å². The lowest BCUT2D eigenvalue weighted by Gasteiger charge is -2.08. The highest BCUT2D eigenvalue weighted by atomic mass is 19.3. The molecule has 0 unspecified atom stereocenters. The minimum atomic E-state index is -2.39. The number of hydrogen-bond acceptors (Lipinski definition) is 1. The van der Waals surface area contributed by atoms with Crippen LogP contribution in [0.4, 0.5) is 8.78 Å². The van der Waals surface area contributed by atoms with Crippen molar-refractivity contribution in [1.82, 2.24) is 0 Å². The number of hydrogen-bond donors (Lipinski definition) is 1. The van der Waals surface area contributed by atoms with Gasteiger partial charge in [-0.05, 0) is 25.3 Å². The number of halogens is 2. The van der Waals surface area contributed by atoms with Crippen LogP contribution in [0, 0.1) is 5.92 Å². The van der Waals surface area contributed by atoms with Crippen molar-refractivity contribution >= 4 is 0 Å². The molecule has 60 valence electrons. The van der Waals surface area contributed by atoms with E-state index in [0.29, 0.717) is 13.0 Å². The standard InChI is InChI=1S/C7H13F2N/c8-7(9)3-1-6(5-7)2-4-10/h6H,1-5,10H2/t6-/m1/s1. The second-order valence-corrected chi connectivity index (χ2v) is 3.04. The zero-order valence-corrected chi connectivity index (χ0v) is 5.95. The molecule has 0 spiro atoms. The van der Waals surface area contributed by atoms with Crippen molar-refractivity contribution in [1.29, 1.82) is 0 Å². The maximum absolute atomic E-state index is 12.5. The van der Waals surface area contributed by atoms with Crippen LogP contribution in [0.3, 0.4) is 0 Å². The molecule has 10 heavy (non-hydrogen) atoms. The minimum absolute atomic E-state index is 0.0597. The summed E-state index contributed by atoms with van der Waals surface area (Å²) >= 11 is 0. The molecule has 0 aromatic carbocycles. The first-order valence-electron chi connectivity index (χ1n) is 3.72. The van der Waals surface area contributed by atoms with Crippen molar-refractivity contribution in [2.75, 3.05) is 6.54 Å². The van der Waals surface area contributed by atoms with Crippen LogP contribution >= 0.6 is 0 Å². The third kappa shape index (κ3) is 1.90. The van der Waals surface area contributed by atoms with E-state index in [0.717, 1.165) is 6.42 Å². The molecule has 0 aromatic heterocycles. The monoisotopic (exact) mass is 149 g/mol. The normalized spacial score (nSPS) is 30.9. The van der Waals surface area contributed by atoms with Crippen LogP contribution in [0.25, 0.3) is 0 Å². The predicted molar refractivity (Wildman–Crippen MR) is 36.0 cm³/mol. The topological polar surface area (TPSA) is 26.0 Å². The Labute approximate surface area is 59.6 Å². The molecule has 1 saturated carbocycles. The lowest BCUT2D eigenvalue weighted by atomic mass is 10.0. The summed E-state index contributed by atoms with van der Waals surface area (Å²) in [4.78, 5) is 0. The van der Waals surface area contributed by atoms with Gasteiger partial charge in [0, 0.05) is 12.8 Å². The van der Waals surface area contributed by atoms with Crippen molar-refractivity contribution in [2.24, 2.45) is 11.7 Å². The highest BCUT2D eigenvalue weighted by molar-refractivity contribution is 4.81. The third-order valence-corrected chi connectivity index (χ3v) is 2.08. The molecular formula is C7H13F2N. The second-order valence-electron chi connectivity index (χ2n) is 3.04. The van der Waals surface area contributed by atoms with E-state index in [2.05, 4.69) is 0 Å². The Morgan fingerprint density at radius 2 is 2.20 bits per heavy atom. The van der Waals surface area contributed by atoms with Gasteiger partial charge in [0.15, 0.2) is 0 Å². The molecule has 3 heteroatoms. The maximum Gasteiger partial charge on any atom is 0.248 e. The van der Waals surface area contributed by atoms with E-state index in [1.807, 2.05) is 0 Å². The maximum atomic E-state index is 12.5. The van der Waals surface area contributed by atoms with Crippen LogP contribution in [-0.4, -0.2) is 12.5 Å². The summed E-state index contributed by atoms with van der Waals surface area (Å²) in [6.45, 7) is 0.542. The van der Waals surface area contributed by atoms with Gasteiger partial charge in [0.2, 0.25) is 5.92 Å². The van der Waals surface area contributed by atoms with Gasteiger partial charge in [-0.1, -0.05) is 0 Å². The second kappa shape index (κ2) is 2.82. The fourth-order valence-corrected chi connectivity index (χ4v) is 1.52. The number of rotatable bonds is 2. The molecule has 0 bridgehead atoms. The van der Waals surface area contributed by atoms with Crippen LogP contribution in [0.2, 0.25) is 0 Å². The van der Waals surface area contributed by atoms with E-state index in [1.54, 1.807) is 0 Å². The van der Waals surface area contributed by atoms with Crippen LogP contribution in [0.1, 0.15) is 25.7 Å². The molecule has 1 rings (SSSR count). The van der Waals surface area contributed by atoms with Crippen molar-refractivity contribution < 1.29 is 8.78 Å². The van der Waals surface area contributed by atoms with Gasteiger partial charge in [-0.15, -0.1) is 0 Å². The highest BCUT2D eigenvalue weighted by Crippen LogP contribution is 2.39. The fourth-order valence-electron chi connectivity index (χ4n) is 1.52. The van der Waals surface area contributed by atoms with Gasteiger partial charge in [0.05, 0.1) is 0 Å². The van der Waals surface area contributed by atoms with Gasteiger partial charge in [0.1, 0.15) is 0 Å². The first-order valence-corrected chi connectivity index (χ1v) is 3.72. The molecule has 0 aliphatic heterocycles. The average Bonchev–Trinajstić information content (AvgIpc) is 2.12. The molecule has 1 atom stereocenters. The van der Waals surface area contributed by atoms with Gasteiger partial charge in [-0.25, -0.2) is 8.78 Å². The SMILES string of the molecule is NCC[C@H]1CCC(F)(F)C1. The molecular weight excluding hydrogens is 136 g/mol. The summed E-state index contributed by atoms with van der Waals surface area (Å²) < 4.78 is 25.0. The van der Waals surface area contributed by atoms with E-state index in [1.165, 1.54) is 0 Å². The van der Waals surface area contributed by atoms with Crippen molar-refractivity contribution in [2.45, 2.75) is 31.6 Å². The predicted octanol–water partition coefficient (Wildman–Crippen LogP) is 1.77. The van der Waals surface area contributed by atoms with Gasteiger partial charge >= 0.3 is 0 Å². The first kappa shape index (κ1) is 7.92. The Morgan fingerprint density at radius 1 is 1.50 bits per heavy atom. The molecule has 0 heterocycles. The lowest BCUT2D eigenvalue weighted by molar-refractivity contribution is 0.00483. The Bertz CT molecular complexity index is 114. The molecule has 1 fully saturated rings. The van der Waals surface area contributed by atoms with Crippen molar-refractivity contribution in [3.8, 4) is 0 Å². The number of nitrogens with two attached hydrogens (primary N) is 1. The molecule has 1 aliphatic rings. The summed E-state index contributed by atoms with van der Waals surface area (Å²) in [6, 6.07) is 0. The van der Waals surface area contributed by atoms with Crippen molar-refractivity contribution in [3.63, 3.8) is 0 Å². The Hall–Kier alpha value is -0.180. The van der Waals surface area contributed by atoms with E-state index in [9.17, 15) is 8.78 Å². The largest absolute Gasteiger partial charge is 0.330 e. The molecule has 0 radical (unpaired) electrons. The molecule has 1 aliphatic carbocycles. The van der Waals surface area contributed by atoms with Crippen molar-refractivity contribution in [3.05, 3.63) is 0 Å². The summed E-state index contributed by atoms with van der Waals surface area (Å²) in [7, 11) is 0. The summed E-state index contributed by atoms with van der Waals surface area (Å²) in [6.07, 6.45) is 1.54. The first-order chi connectivity index (χ1) is 4.64. The van der Waals surface area contributed by atoms with Gasteiger partial charge < -0.3 is 5.73 Å². The van der Waals surface area contributed by atoms with Crippen LogP contribution in [0.5, 0.6) is 0 Å². The molecule has 0 amide bonds. The molecule has 0 saturated heterocycles. The quantitative estimate of drug-likeness (QED) is 0.636.